The molecule has 1 aromatic heterocycles. The van der Waals surface area contributed by atoms with Gasteiger partial charge in [0, 0.05) is 17.4 Å². The van der Waals surface area contributed by atoms with Gasteiger partial charge in [0.2, 0.25) is 0 Å². The average Bonchev–Trinajstić information content (AvgIpc) is 2.65. The van der Waals surface area contributed by atoms with E-state index in [1.165, 1.54) is 11.4 Å². The van der Waals surface area contributed by atoms with E-state index in [2.05, 4.69) is 36.1 Å². The van der Waals surface area contributed by atoms with Crippen molar-refractivity contribution in [2.75, 3.05) is 5.43 Å². The Kier molecular flexibility index (Phi) is 3.05. The van der Waals surface area contributed by atoms with Crippen LogP contribution in [0.25, 0.3) is 0 Å². The Bertz CT molecular complexity index is 563. The summed E-state index contributed by atoms with van der Waals surface area (Å²) < 4.78 is 15.8. The van der Waals surface area contributed by atoms with Crippen LogP contribution in [0.2, 0.25) is 0 Å². The molecule has 1 aliphatic carbocycles. The van der Waals surface area contributed by atoms with Crippen LogP contribution >= 0.6 is 0 Å². The predicted molar refractivity (Wildman–Crippen MR) is 75.4 cm³/mol. The van der Waals surface area contributed by atoms with Gasteiger partial charge in [-0.1, -0.05) is 18.2 Å². The second-order valence-corrected chi connectivity index (χ2v) is 5.47. The van der Waals surface area contributed by atoms with E-state index in [4.69, 9.17) is 0 Å². The molecule has 0 spiro atoms. The average molecular weight is 258 g/mol. The summed E-state index contributed by atoms with van der Waals surface area (Å²) in [7, 11) is 0. The number of benzene rings is 1. The van der Waals surface area contributed by atoms with Gasteiger partial charge >= 0.3 is 0 Å². The summed E-state index contributed by atoms with van der Waals surface area (Å²) in [5, 5.41) is 0. The first-order valence-corrected chi connectivity index (χ1v) is 6.81. The molecule has 0 saturated heterocycles. The third-order valence-electron chi connectivity index (χ3n) is 4.07. The van der Waals surface area contributed by atoms with Crippen molar-refractivity contribution in [2.45, 2.75) is 38.6 Å². The topological polar surface area (TPSA) is 17.0 Å². The van der Waals surface area contributed by atoms with Crippen LogP contribution in [0.1, 0.15) is 35.7 Å². The van der Waals surface area contributed by atoms with Gasteiger partial charge in [-0.2, -0.15) is 0 Å². The van der Waals surface area contributed by atoms with Crippen molar-refractivity contribution >= 4 is 0 Å². The van der Waals surface area contributed by atoms with E-state index in [1.54, 1.807) is 12.1 Å². The van der Waals surface area contributed by atoms with Crippen LogP contribution in [0.15, 0.2) is 36.4 Å². The second kappa shape index (κ2) is 4.72. The SMILES string of the molecule is Cc1ccc(C)n1NC1CC(c2ccccc2F)C1. The summed E-state index contributed by atoms with van der Waals surface area (Å²) in [5.41, 5.74) is 6.80. The summed E-state index contributed by atoms with van der Waals surface area (Å²) >= 11 is 0. The molecule has 19 heavy (non-hydrogen) atoms. The molecule has 3 rings (SSSR count). The van der Waals surface area contributed by atoms with Crippen LogP contribution in [0, 0.1) is 19.7 Å². The highest BCUT2D eigenvalue weighted by atomic mass is 19.1. The molecule has 1 aromatic carbocycles. The van der Waals surface area contributed by atoms with Crippen LogP contribution in [0.4, 0.5) is 4.39 Å². The predicted octanol–water partition coefficient (Wildman–Crippen LogP) is 3.73. The van der Waals surface area contributed by atoms with Gasteiger partial charge < -0.3 is 5.43 Å². The lowest BCUT2D eigenvalue weighted by Crippen LogP contribution is -2.39. The zero-order valence-corrected chi connectivity index (χ0v) is 11.4. The fraction of sp³-hybridized carbons (Fsp3) is 0.375. The Morgan fingerprint density at radius 1 is 1.05 bits per heavy atom. The fourth-order valence-electron chi connectivity index (χ4n) is 2.84. The molecular weight excluding hydrogens is 239 g/mol. The lowest BCUT2D eigenvalue weighted by Gasteiger charge is -2.37. The van der Waals surface area contributed by atoms with Crippen molar-refractivity contribution in [1.82, 2.24) is 4.68 Å². The zero-order valence-electron chi connectivity index (χ0n) is 11.4. The van der Waals surface area contributed by atoms with Crippen LogP contribution in [0.5, 0.6) is 0 Å². The molecule has 2 nitrogen and oxygen atoms in total. The summed E-state index contributed by atoms with van der Waals surface area (Å²) in [6.45, 7) is 4.18. The van der Waals surface area contributed by atoms with Crippen LogP contribution in [-0.4, -0.2) is 10.7 Å². The number of hydrogen-bond acceptors (Lipinski definition) is 1. The van der Waals surface area contributed by atoms with E-state index in [0.717, 1.165) is 18.4 Å². The summed E-state index contributed by atoms with van der Waals surface area (Å²) in [6.07, 6.45) is 2.00. The number of aromatic nitrogens is 1. The molecule has 1 N–H and O–H groups in total. The maximum Gasteiger partial charge on any atom is 0.126 e. The van der Waals surface area contributed by atoms with Gasteiger partial charge in [0.1, 0.15) is 5.82 Å². The van der Waals surface area contributed by atoms with Gasteiger partial charge in [0.25, 0.3) is 0 Å². The normalized spacial score (nSPS) is 22.1. The Morgan fingerprint density at radius 3 is 2.32 bits per heavy atom. The highest BCUT2D eigenvalue weighted by Gasteiger charge is 2.32. The number of aryl methyl sites for hydroxylation is 2. The largest absolute Gasteiger partial charge is 0.323 e. The summed E-state index contributed by atoms with van der Waals surface area (Å²) in [5.74, 6) is 0.286. The molecule has 0 aliphatic heterocycles. The highest BCUT2D eigenvalue weighted by molar-refractivity contribution is 5.26. The molecule has 3 heteroatoms. The van der Waals surface area contributed by atoms with Crippen molar-refractivity contribution in [3.8, 4) is 0 Å². The maximum absolute atomic E-state index is 13.7. The lowest BCUT2D eigenvalue weighted by molar-refractivity contribution is 0.341. The third kappa shape index (κ3) is 2.25. The minimum absolute atomic E-state index is 0.0701. The number of halogens is 1. The Morgan fingerprint density at radius 2 is 1.68 bits per heavy atom. The van der Waals surface area contributed by atoms with E-state index in [1.807, 2.05) is 12.1 Å². The molecule has 0 radical (unpaired) electrons. The van der Waals surface area contributed by atoms with E-state index < -0.39 is 0 Å². The molecule has 100 valence electrons. The van der Waals surface area contributed by atoms with Gasteiger partial charge in [-0.25, -0.2) is 4.39 Å². The lowest BCUT2D eigenvalue weighted by atomic mass is 9.76. The quantitative estimate of drug-likeness (QED) is 0.887. The first-order chi connectivity index (χ1) is 9.15. The Hall–Kier alpha value is -1.77. The fourth-order valence-corrected chi connectivity index (χ4v) is 2.84. The molecule has 1 aliphatic rings. The van der Waals surface area contributed by atoms with E-state index in [0.29, 0.717) is 12.0 Å². The highest BCUT2D eigenvalue weighted by Crippen LogP contribution is 2.38. The smallest absolute Gasteiger partial charge is 0.126 e. The van der Waals surface area contributed by atoms with E-state index in [-0.39, 0.29) is 5.82 Å². The summed E-state index contributed by atoms with van der Waals surface area (Å²) in [4.78, 5) is 0. The molecule has 1 fully saturated rings. The van der Waals surface area contributed by atoms with Crippen LogP contribution in [-0.2, 0) is 0 Å². The molecule has 0 bridgehead atoms. The summed E-state index contributed by atoms with van der Waals surface area (Å²) in [6, 6.07) is 11.8. The standard InChI is InChI=1S/C16H19FN2/c1-11-7-8-12(2)19(11)18-14-9-13(10-14)15-5-3-4-6-16(15)17/h3-8,13-14,18H,9-10H2,1-2H3. The Labute approximate surface area is 113 Å². The molecule has 0 atom stereocenters. The van der Waals surface area contributed by atoms with Crippen molar-refractivity contribution in [1.29, 1.82) is 0 Å². The van der Waals surface area contributed by atoms with Crippen molar-refractivity contribution in [3.63, 3.8) is 0 Å². The monoisotopic (exact) mass is 258 g/mol. The van der Waals surface area contributed by atoms with Gasteiger partial charge in [-0.05, 0) is 56.4 Å². The minimum atomic E-state index is -0.0701. The number of nitrogens with one attached hydrogen (secondary N) is 1. The number of hydrogen-bond donors (Lipinski definition) is 1. The van der Waals surface area contributed by atoms with Crippen molar-refractivity contribution in [2.24, 2.45) is 0 Å². The second-order valence-electron chi connectivity index (χ2n) is 5.47. The maximum atomic E-state index is 13.7. The first-order valence-electron chi connectivity index (χ1n) is 6.81. The molecule has 0 amide bonds. The van der Waals surface area contributed by atoms with Crippen LogP contribution < -0.4 is 5.43 Å². The van der Waals surface area contributed by atoms with Gasteiger partial charge in [0.05, 0.1) is 0 Å². The van der Waals surface area contributed by atoms with Crippen molar-refractivity contribution < 1.29 is 4.39 Å². The van der Waals surface area contributed by atoms with E-state index >= 15 is 0 Å². The zero-order chi connectivity index (χ0) is 13.4. The molecule has 1 heterocycles. The third-order valence-corrected chi connectivity index (χ3v) is 4.07. The van der Waals surface area contributed by atoms with E-state index in [9.17, 15) is 4.39 Å². The van der Waals surface area contributed by atoms with Crippen LogP contribution in [0.3, 0.4) is 0 Å². The number of nitrogens with zero attached hydrogens (tertiary/aromatic N) is 1. The first kappa shape index (κ1) is 12.3. The van der Waals surface area contributed by atoms with Gasteiger partial charge in [0.15, 0.2) is 0 Å². The Balaban J connectivity index is 1.63. The number of rotatable bonds is 3. The molecule has 2 aromatic rings. The van der Waals surface area contributed by atoms with Crippen molar-refractivity contribution in [3.05, 3.63) is 59.2 Å². The molecular formula is C16H19FN2. The molecule has 1 saturated carbocycles. The van der Waals surface area contributed by atoms with Gasteiger partial charge in [-0.15, -0.1) is 0 Å². The van der Waals surface area contributed by atoms with Gasteiger partial charge in [-0.3, -0.25) is 4.68 Å². The minimum Gasteiger partial charge on any atom is -0.323 e. The molecule has 0 unspecified atom stereocenters.